The van der Waals surface area contributed by atoms with E-state index in [0.717, 1.165) is 53.0 Å². The van der Waals surface area contributed by atoms with Gasteiger partial charge in [-0.15, -0.1) is 0 Å². The van der Waals surface area contributed by atoms with Crippen molar-refractivity contribution < 1.29 is 9.84 Å². The minimum Gasteiger partial charge on any atom is -0.485 e. The summed E-state index contributed by atoms with van der Waals surface area (Å²) in [4.78, 5) is 12.9. The third-order valence-corrected chi connectivity index (χ3v) is 5.40. The lowest BCUT2D eigenvalue weighted by molar-refractivity contribution is 0.155. The Kier molecular flexibility index (Phi) is 5.55. The Bertz CT molecular complexity index is 1060. The number of ether oxygens (including phenoxy) is 1. The summed E-state index contributed by atoms with van der Waals surface area (Å²) < 4.78 is 6.01. The molecule has 0 bridgehead atoms. The van der Waals surface area contributed by atoms with Crippen molar-refractivity contribution in [2.45, 2.75) is 52.7 Å². The number of fused-ring (bicyclic) bond motifs is 1. The van der Waals surface area contributed by atoms with Crippen LogP contribution in [0.1, 0.15) is 52.6 Å². The van der Waals surface area contributed by atoms with Crippen LogP contribution in [0.25, 0.3) is 0 Å². The SMILES string of the molecule is Cc1cc(C)c(Nc2nc(N)nc(COc3cccc4c3CCCC4O)n2)c(C)c1. The van der Waals surface area contributed by atoms with Crippen LogP contribution in [0.4, 0.5) is 17.6 Å². The average molecular weight is 406 g/mol. The lowest BCUT2D eigenvalue weighted by Crippen LogP contribution is -2.13. The van der Waals surface area contributed by atoms with Gasteiger partial charge < -0.3 is 20.9 Å². The molecule has 2 aromatic carbocycles. The number of benzene rings is 2. The van der Waals surface area contributed by atoms with Crippen LogP contribution in [0.3, 0.4) is 0 Å². The molecule has 7 nitrogen and oxygen atoms in total. The summed E-state index contributed by atoms with van der Waals surface area (Å²) >= 11 is 0. The summed E-state index contributed by atoms with van der Waals surface area (Å²) in [6, 6.07) is 10.00. The second-order valence-corrected chi connectivity index (χ2v) is 7.85. The summed E-state index contributed by atoms with van der Waals surface area (Å²) in [5.74, 6) is 1.73. The molecule has 3 aromatic rings. The maximum absolute atomic E-state index is 10.2. The third-order valence-electron chi connectivity index (χ3n) is 5.40. The third kappa shape index (κ3) is 4.21. The lowest BCUT2D eigenvalue weighted by Gasteiger charge is -2.23. The van der Waals surface area contributed by atoms with E-state index in [1.54, 1.807) is 0 Å². The molecular weight excluding hydrogens is 378 g/mol. The first-order valence-electron chi connectivity index (χ1n) is 10.2. The molecule has 1 aliphatic rings. The van der Waals surface area contributed by atoms with Gasteiger partial charge in [0.25, 0.3) is 0 Å². The quantitative estimate of drug-likeness (QED) is 0.587. The second-order valence-electron chi connectivity index (χ2n) is 7.85. The van der Waals surface area contributed by atoms with Crippen LogP contribution in [0.5, 0.6) is 5.75 Å². The van der Waals surface area contributed by atoms with Crippen molar-refractivity contribution in [3.8, 4) is 5.75 Å². The van der Waals surface area contributed by atoms with Crippen LogP contribution in [-0.4, -0.2) is 20.1 Å². The van der Waals surface area contributed by atoms with E-state index in [9.17, 15) is 5.11 Å². The summed E-state index contributed by atoms with van der Waals surface area (Å²) in [6.45, 7) is 6.33. The van der Waals surface area contributed by atoms with E-state index in [1.165, 1.54) is 5.56 Å². The van der Waals surface area contributed by atoms with Gasteiger partial charge in [-0.25, -0.2) is 0 Å². The van der Waals surface area contributed by atoms with E-state index < -0.39 is 6.10 Å². The van der Waals surface area contributed by atoms with Crippen molar-refractivity contribution in [1.82, 2.24) is 15.0 Å². The number of nitrogens with one attached hydrogen (secondary N) is 1. The monoisotopic (exact) mass is 405 g/mol. The predicted molar refractivity (Wildman–Crippen MR) is 117 cm³/mol. The molecule has 156 valence electrons. The number of aliphatic hydroxyl groups is 1. The first kappa shape index (κ1) is 20.1. The molecule has 0 saturated carbocycles. The fourth-order valence-corrected chi connectivity index (χ4v) is 4.11. The molecule has 7 heteroatoms. The molecule has 0 amide bonds. The van der Waals surface area contributed by atoms with Crippen molar-refractivity contribution in [2.24, 2.45) is 0 Å². The molecule has 1 aromatic heterocycles. The van der Waals surface area contributed by atoms with Crippen molar-refractivity contribution >= 4 is 17.6 Å². The van der Waals surface area contributed by atoms with Crippen molar-refractivity contribution in [2.75, 3.05) is 11.1 Å². The second kappa shape index (κ2) is 8.28. The number of aromatic nitrogens is 3. The highest BCUT2D eigenvalue weighted by molar-refractivity contribution is 5.64. The minimum atomic E-state index is -0.429. The first-order chi connectivity index (χ1) is 14.4. The molecule has 30 heavy (non-hydrogen) atoms. The number of nitrogens with zero attached hydrogens (tertiary/aromatic N) is 3. The Balaban J connectivity index is 1.55. The molecule has 0 radical (unpaired) electrons. The van der Waals surface area contributed by atoms with Crippen LogP contribution in [0.2, 0.25) is 0 Å². The highest BCUT2D eigenvalue weighted by atomic mass is 16.5. The largest absolute Gasteiger partial charge is 0.485 e. The molecule has 1 atom stereocenters. The molecule has 4 rings (SSSR count). The zero-order valence-corrected chi connectivity index (χ0v) is 17.6. The normalized spacial score (nSPS) is 15.5. The van der Waals surface area contributed by atoms with Gasteiger partial charge in [0.2, 0.25) is 11.9 Å². The number of aliphatic hydroxyl groups excluding tert-OH is 1. The standard InChI is InChI=1S/C23H27N5O2/c1-13-10-14(2)21(15(3)11-13)27-23-26-20(25-22(24)28-23)12-30-19-9-5-6-16-17(19)7-4-8-18(16)29/h5-6,9-11,18,29H,4,7-8,12H2,1-3H3,(H3,24,25,26,27,28). The van der Waals surface area contributed by atoms with Crippen LogP contribution < -0.4 is 15.8 Å². The molecule has 4 N–H and O–H groups in total. The highest BCUT2D eigenvalue weighted by Gasteiger charge is 2.21. The van der Waals surface area contributed by atoms with Crippen LogP contribution >= 0.6 is 0 Å². The Morgan fingerprint density at radius 2 is 1.90 bits per heavy atom. The van der Waals surface area contributed by atoms with Crippen LogP contribution in [-0.2, 0) is 13.0 Å². The Morgan fingerprint density at radius 3 is 2.67 bits per heavy atom. The van der Waals surface area contributed by atoms with E-state index in [-0.39, 0.29) is 12.6 Å². The lowest BCUT2D eigenvalue weighted by atomic mass is 9.89. The molecule has 1 heterocycles. The van der Waals surface area contributed by atoms with Crippen molar-refractivity contribution in [3.05, 3.63) is 64.0 Å². The predicted octanol–water partition coefficient (Wildman–Crippen LogP) is 4.07. The van der Waals surface area contributed by atoms with Gasteiger partial charge in [0.15, 0.2) is 5.82 Å². The summed E-state index contributed by atoms with van der Waals surface area (Å²) in [5.41, 5.74) is 12.3. The fourth-order valence-electron chi connectivity index (χ4n) is 4.11. The van der Waals surface area contributed by atoms with Crippen LogP contribution in [0.15, 0.2) is 30.3 Å². The number of nitrogen functional groups attached to an aromatic ring is 1. The maximum Gasteiger partial charge on any atom is 0.232 e. The minimum absolute atomic E-state index is 0.138. The molecule has 0 fully saturated rings. The van der Waals surface area contributed by atoms with Gasteiger partial charge in [-0.3, -0.25) is 0 Å². The van der Waals surface area contributed by atoms with Crippen molar-refractivity contribution in [3.63, 3.8) is 0 Å². The van der Waals surface area contributed by atoms with E-state index >= 15 is 0 Å². The van der Waals surface area contributed by atoms with Gasteiger partial charge in [-0.1, -0.05) is 29.8 Å². The van der Waals surface area contributed by atoms with E-state index in [4.69, 9.17) is 10.5 Å². The number of nitrogens with two attached hydrogens (primary N) is 1. The van der Waals surface area contributed by atoms with Crippen LogP contribution in [0, 0.1) is 20.8 Å². The van der Waals surface area contributed by atoms with E-state index in [1.807, 2.05) is 32.0 Å². The number of rotatable bonds is 5. The van der Waals surface area contributed by atoms with Gasteiger partial charge in [0.1, 0.15) is 12.4 Å². The molecule has 1 aliphatic carbocycles. The zero-order valence-electron chi connectivity index (χ0n) is 17.6. The van der Waals surface area contributed by atoms with Gasteiger partial charge in [-0.05, 0) is 68.4 Å². The fraction of sp³-hybridized carbons (Fsp3) is 0.348. The summed E-state index contributed by atoms with van der Waals surface area (Å²) in [7, 11) is 0. The summed E-state index contributed by atoms with van der Waals surface area (Å²) in [6.07, 6.45) is 2.19. The zero-order chi connectivity index (χ0) is 21.3. The topological polar surface area (TPSA) is 106 Å². The number of aryl methyl sites for hydroxylation is 3. The van der Waals surface area contributed by atoms with E-state index in [0.29, 0.717) is 11.8 Å². The highest BCUT2D eigenvalue weighted by Crippen LogP contribution is 2.35. The van der Waals surface area contributed by atoms with Gasteiger partial charge in [-0.2, -0.15) is 15.0 Å². The number of anilines is 3. The first-order valence-corrected chi connectivity index (χ1v) is 10.2. The van der Waals surface area contributed by atoms with E-state index in [2.05, 4.69) is 39.3 Å². The Hall–Kier alpha value is -3.19. The Morgan fingerprint density at radius 1 is 1.13 bits per heavy atom. The van der Waals surface area contributed by atoms with Gasteiger partial charge in [0, 0.05) is 5.69 Å². The summed E-state index contributed by atoms with van der Waals surface area (Å²) in [5, 5.41) is 13.5. The van der Waals surface area contributed by atoms with Gasteiger partial charge >= 0.3 is 0 Å². The average Bonchev–Trinajstić information content (AvgIpc) is 2.69. The maximum atomic E-state index is 10.2. The van der Waals surface area contributed by atoms with Crippen molar-refractivity contribution in [1.29, 1.82) is 0 Å². The number of hydrogen-bond acceptors (Lipinski definition) is 7. The molecule has 1 unspecified atom stereocenters. The molecule has 0 aliphatic heterocycles. The van der Waals surface area contributed by atoms with Gasteiger partial charge in [0.05, 0.1) is 6.10 Å². The molecule has 0 spiro atoms. The molecule has 0 saturated heterocycles. The smallest absolute Gasteiger partial charge is 0.232 e. The molecular formula is C23H27N5O2. The Labute approximate surface area is 176 Å². The number of hydrogen-bond donors (Lipinski definition) is 3.